The Balaban J connectivity index is 1.80. The lowest BCUT2D eigenvalue weighted by Gasteiger charge is -2.22. The third-order valence-electron chi connectivity index (χ3n) is 2.84. The predicted molar refractivity (Wildman–Crippen MR) is 62.9 cm³/mol. The second-order valence-corrected chi connectivity index (χ2v) is 4.28. The van der Waals surface area contributed by atoms with Crippen molar-refractivity contribution in [2.24, 2.45) is 0 Å². The molecule has 3 rings (SSSR count). The van der Waals surface area contributed by atoms with Crippen LogP contribution in [0.3, 0.4) is 0 Å². The van der Waals surface area contributed by atoms with Crippen molar-refractivity contribution in [3.63, 3.8) is 0 Å². The molecule has 1 fully saturated rings. The first-order valence-corrected chi connectivity index (χ1v) is 5.86. The summed E-state index contributed by atoms with van der Waals surface area (Å²) in [6, 6.07) is 3.84. The summed E-state index contributed by atoms with van der Waals surface area (Å²) in [7, 11) is 0. The monoisotopic (exact) mass is 233 g/mol. The van der Waals surface area contributed by atoms with E-state index in [4.69, 9.17) is 9.15 Å². The van der Waals surface area contributed by atoms with E-state index in [-0.39, 0.29) is 6.10 Å². The highest BCUT2D eigenvalue weighted by Crippen LogP contribution is 2.16. The average molecular weight is 233 g/mol. The normalized spacial score (nSPS) is 20.9. The van der Waals surface area contributed by atoms with Gasteiger partial charge in [0.1, 0.15) is 0 Å². The zero-order valence-corrected chi connectivity index (χ0v) is 9.77. The van der Waals surface area contributed by atoms with Crippen molar-refractivity contribution in [1.82, 2.24) is 15.3 Å². The molecule has 5 heteroatoms. The first-order valence-electron chi connectivity index (χ1n) is 5.86. The van der Waals surface area contributed by atoms with E-state index in [9.17, 15) is 0 Å². The van der Waals surface area contributed by atoms with E-state index in [1.54, 1.807) is 0 Å². The van der Waals surface area contributed by atoms with E-state index in [0.717, 1.165) is 31.0 Å². The highest BCUT2D eigenvalue weighted by molar-refractivity contribution is 5.67. The zero-order chi connectivity index (χ0) is 11.7. The number of aromatic nitrogens is 2. The minimum absolute atomic E-state index is 0.151. The lowest BCUT2D eigenvalue weighted by Crippen LogP contribution is -2.39. The predicted octanol–water partition coefficient (Wildman–Crippen LogP) is 1.06. The Morgan fingerprint density at radius 1 is 1.41 bits per heavy atom. The SMILES string of the molecule is Cc1ccc2oc(CC3CNCCO3)nc2n1. The smallest absolute Gasteiger partial charge is 0.199 e. The second-order valence-electron chi connectivity index (χ2n) is 4.28. The fourth-order valence-electron chi connectivity index (χ4n) is 1.99. The maximum absolute atomic E-state index is 5.64. The van der Waals surface area contributed by atoms with Gasteiger partial charge < -0.3 is 14.5 Å². The summed E-state index contributed by atoms with van der Waals surface area (Å²) in [6.07, 6.45) is 0.848. The molecular formula is C12H15N3O2. The molecule has 17 heavy (non-hydrogen) atoms. The number of pyridine rings is 1. The molecule has 0 aromatic carbocycles. The van der Waals surface area contributed by atoms with Gasteiger partial charge in [0.05, 0.1) is 19.1 Å². The lowest BCUT2D eigenvalue weighted by atomic mass is 10.2. The molecule has 1 atom stereocenters. The van der Waals surface area contributed by atoms with Crippen LogP contribution in [0, 0.1) is 6.92 Å². The van der Waals surface area contributed by atoms with Crippen molar-refractivity contribution in [3.8, 4) is 0 Å². The van der Waals surface area contributed by atoms with E-state index < -0.39 is 0 Å². The summed E-state index contributed by atoms with van der Waals surface area (Å²) in [5, 5.41) is 3.29. The van der Waals surface area contributed by atoms with Crippen molar-refractivity contribution in [1.29, 1.82) is 0 Å². The second kappa shape index (κ2) is 4.43. The van der Waals surface area contributed by atoms with Gasteiger partial charge in [-0.15, -0.1) is 0 Å². The summed E-state index contributed by atoms with van der Waals surface area (Å²) in [5.41, 5.74) is 2.38. The van der Waals surface area contributed by atoms with Crippen LogP contribution in [0.4, 0.5) is 0 Å². The summed E-state index contributed by atoms with van der Waals surface area (Å²) in [4.78, 5) is 8.71. The van der Waals surface area contributed by atoms with Gasteiger partial charge in [-0.1, -0.05) is 0 Å². The summed E-state index contributed by atoms with van der Waals surface area (Å²) >= 11 is 0. The van der Waals surface area contributed by atoms with E-state index in [0.29, 0.717) is 18.0 Å². The molecule has 0 bridgehead atoms. The molecule has 2 aromatic heterocycles. The molecule has 1 unspecified atom stereocenters. The van der Waals surface area contributed by atoms with Crippen molar-refractivity contribution in [2.45, 2.75) is 19.4 Å². The first-order chi connectivity index (χ1) is 8.31. The Kier molecular flexibility index (Phi) is 2.78. The molecule has 1 aliphatic heterocycles. The Bertz CT molecular complexity index is 517. The molecule has 0 aliphatic carbocycles. The standard InChI is InChI=1S/C12H15N3O2/c1-8-2-3-10-12(14-8)15-11(17-10)6-9-7-13-4-5-16-9/h2-3,9,13H,4-7H2,1H3. The van der Waals surface area contributed by atoms with Gasteiger partial charge in [0.2, 0.25) is 0 Å². The number of ether oxygens (including phenoxy) is 1. The minimum atomic E-state index is 0.151. The highest BCUT2D eigenvalue weighted by Gasteiger charge is 2.17. The molecule has 90 valence electrons. The van der Waals surface area contributed by atoms with Gasteiger partial charge in [0, 0.05) is 18.8 Å². The van der Waals surface area contributed by atoms with E-state index >= 15 is 0 Å². The topological polar surface area (TPSA) is 60.2 Å². The van der Waals surface area contributed by atoms with Crippen LogP contribution in [0.25, 0.3) is 11.2 Å². The molecule has 2 aromatic rings. The van der Waals surface area contributed by atoms with Crippen LogP contribution in [0.5, 0.6) is 0 Å². The van der Waals surface area contributed by atoms with Crippen LogP contribution >= 0.6 is 0 Å². The number of nitrogens with one attached hydrogen (secondary N) is 1. The van der Waals surface area contributed by atoms with E-state index in [1.165, 1.54) is 0 Å². The van der Waals surface area contributed by atoms with E-state index in [2.05, 4.69) is 15.3 Å². The molecule has 3 heterocycles. The Hall–Kier alpha value is -1.46. The molecule has 0 amide bonds. The third kappa shape index (κ3) is 2.30. The van der Waals surface area contributed by atoms with Crippen molar-refractivity contribution >= 4 is 11.2 Å². The number of fused-ring (bicyclic) bond motifs is 1. The zero-order valence-electron chi connectivity index (χ0n) is 9.77. The fourth-order valence-corrected chi connectivity index (χ4v) is 1.99. The largest absolute Gasteiger partial charge is 0.439 e. The first kappa shape index (κ1) is 10.7. The molecular weight excluding hydrogens is 218 g/mol. The molecule has 1 saturated heterocycles. The number of oxazole rings is 1. The minimum Gasteiger partial charge on any atom is -0.439 e. The fraction of sp³-hybridized carbons (Fsp3) is 0.500. The maximum Gasteiger partial charge on any atom is 0.199 e. The van der Waals surface area contributed by atoms with Gasteiger partial charge in [0.25, 0.3) is 0 Å². The number of hydrogen-bond acceptors (Lipinski definition) is 5. The van der Waals surface area contributed by atoms with Gasteiger partial charge in [0.15, 0.2) is 17.1 Å². The van der Waals surface area contributed by atoms with Gasteiger partial charge in [-0.2, -0.15) is 4.98 Å². The Morgan fingerprint density at radius 2 is 2.35 bits per heavy atom. The number of aryl methyl sites for hydroxylation is 1. The summed E-state index contributed by atoms with van der Waals surface area (Å²) < 4.78 is 11.3. The van der Waals surface area contributed by atoms with Crippen LogP contribution in [0.1, 0.15) is 11.6 Å². The summed E-state index contributed by atoms with van der Waals surface area (Å²) in [5.74, 6) is 0.701. The van der Waals surface area contributed by atoms with Gasteiger partial charge >= 0.3 is 0 Å². The molecule has 0 saturated carbocycles. The summed E-state index contributed by atoms with van der Waals surface area (Å²) in [6.45, 7) is 4.47. The quantitative estimate of drug-likeness (QED) is 0.840. The van der Waals surface area contributed by atoms with Gasteiger partial charge in [-0.3, -0.25) is 0 Å². The van der Waals surface area contributed by atoms with Gasteiger partial charge in [-0.25, -0.2) is 4.98 Å². The van der Waals surface area contributed by atoms with Crippen molar-refractivity contribution in [2.75, 3.05) is 19.7 Å². The number of hydrogen-bond donors (Lipinski definition) is 1. The van der Waals surface area contributed by atoms with Crippen molar-refractivity contribution in [3.05, 3.63) is 23.7 Å². The molecule has 5 nitrogen and oxygen atoms in total. The Labute approximate surface area is 99.2 Å². The van der Waals surface area contributed by atoms with Crippen LogP contribution in [0.15, 0.2) is 16.5 Å². The number of morpholine rings is 1. The molecule has 0 radical (unpaired) electrons. The van der Waals surface area contributed by atoms with Crippen LogP contribution < -0.4 is 5.32 Å². The van der Waals surface area contributed by atoms with Gasteiger partial charge in [-0.05, 0) is 19.1 Å². The van der Waals surface area contributed by atoms with Crippen LogP contribution in [0.2, 0.25) is 0 Å². The average Bonchev–Trinajstić information content (AvgIpc) is 2.71. The lowest BCUT2D eigenvalue weighted by molar-refractivity contribution is 0.0257. The number of nitrogens with zero attached hydrogens (tertiary/aromatic N) is 2. The molecule has 0 spiro atoms. The maximum atomic E-state index is 5.64. The highest BCUT2D eigenvalue weighted by atomic mass is 16.5. The molecule has 1 aliphatic rings. The molecule has 1 N–H and O–H groups in total. The Morgan fingerprint density at radius 3 is 3.18 bits per heavy atom. The number of rotatable bonds is 2. The van der Waals surface area contributed by atoms with Crippen molar-refractivity contribution < 1.29 is 9.15 Å². The van der Waals surface area contributed by atoms with Crippen LogP contribution in [-0.4, -0.2) is 35.8 Å². The van der Waals surface area contributed by atoms with Crippen LogP contribution in [-0.2, 0) is 11.2 Å². The van der Waals surface area contributed by atoms with E-state index in [1.807, 2.05) is 19.1 Å². The third-order valence-corrected chi connectivity index (χ3v) is 2.84.